The van der Waals surface area contributed by atoms with Crippen molar-refractivity contribution >= 4 is 50.8 Å². The van der Waals surface area contributed by atoms with Gasteiger partial charge in [-0.1, -0.05) is 29.8 Å². The van der Waals surface area contributed by atoms with E-state index in [-0.39, 0.29) is 12.3 Å². The minimum Gasteiger partial charge on any atom is -0.352 e. The third-order valence-electron chi connectivity index (χ3n) is 3.69. The largest absolute Gasteiger partial charge is 0.352 e. The van der Waals surface area contributed by atoms with E-state index in [1.807, 2.05) is 25.1 Å². The molecule has 0 bridgehead atoms. The van der Waals surface area contributed by atoms with Gasteiger partial charge in [0.25, 0.3) is 0 Å². The van der Waals surface area contributed by atoms with Crippen molar-refractivity contribution in [2.75, 3.05) is 6.54 Å². The average molecular weight is 445 g/mol. The highest BCUT2D eigenvalue weighted by atomic mass is 79.9. The lowest BCUT2D eigenvalue weighted by Gasteiger charge is -2.24. The van der Waals surface area contributed by atoms with Gasteiger partial charge in [-0.25, -0.2) is 4.79 Å². The normalized spacial score (nSPS) is 11.8. The molecular formula is C17H19BrClN3O2S. The second-order valence-corrected chi connectivity index (χ2v) is 8.36. The monoisotopic (exact) mass is 443 g/mol. The molecule has 3 amide bonds. The first kappa shape index (κ1) is 19.8. The molecule has 1 heterocycles. The van der Waals surface area contributed by atoms with Crippen LogP contribution in [0.2, 0.25) is 5.02 Å². The summed E-state index contributed by atoms with van der Waals surface area (Å²) >= 11 is 11.2. The number of hydrogen-bond donors (Lipinski definition) is 2. The zero-order valence-corrected chi connectivity index (χ0v) is 16.8. The molecular weight excluding hydrogens is 426 g/mol. The first-order valence-electron chi connectivity index (χ1n) is 7.73. The third-order valence-corrected chi connectivity index (χ3v) is 5.64. The van der Waals surface area contributed by atoms with E-state index in [1.165, 1.54) is 0 Å². The van der Waals surface area contributed by atoms with E-state index in [4.69, 9.17) is 17.3 Å². The van der Waals surface area contributed by atoms with Crippen LogP contribution in [0.25, 0.3) is 0 Å². The van der Waals surface area contributed by atoms with Crippen LogP contribution >= 0.6 is 38.9 Å². The highest BCUT2D eigenvalue weighted by molar-refractivity contribution is 9.11. The molecule has 1 aromatic carbocycles. The fourth-order valence-corrected chi connectivity index (χ4v) is 4.24. The van der Waals surface area contributed by atoms with E-state index in [2.05, 4.69) is 21.2 Å². The van der Waals surface area contributed by atoms with Gasteiger partial charge in [-0.15, -0.1) is 11.3 Å². The Hall–Kier alpha value is -1.57. The van der Waals surface area contributed by atoms with Crippen LogP contribution in [0.1, 0.15) is 29.8 Å². The van der Waals surface area contributed by atoms with Crippen LogP contribution in [0, 0.1) is 0 Å². The van der Waals surface area contributed by atoms with Crippen molar-refractivity contribution in [3.8, 4) is 0 Å². The van der Waals surface area contributed by atoms with Gasteiger partial charge in [-0.05, 0) is 46.6 Å². The smallest absolute Gasteiger partial charge is 0.312 e. The number of urea groups is 1. The first-order chi connectivity index (χ1) is 11.9. The lowest BCUT2D eigenvalue weighted by atomic mass is 10.0. The van der Waals surface area contributed by atoms with Crippen molar-refractivity contribution < 1.29 is 9.59 Å². The maximum atomic E-state index is 12.7. The van der Waals surface area contributed by atoms with Crippen LogP contribution in [-0.4, -0.2) is 23.4 Å². The van der Waals surface area contributed by atoms with E-state index in [0.29, 0.717) is 23.7 Å². The van der Waals surface area contributed by atoms with Gasteiger partial charge in [0.15, 0.2) is 0 Å². The second kappa shape index (κ2) is 9.22. The molecule has 0 aliphatic heterocycles. The van der Waals surface area contributed by atoms with E-state index in [0.717, 1.165) is 8.66 Å². The molecule has 8 heteroatoms. The Bertz CT molecular complexity index is 753. The zero-order valence-electron chi connectivity index (χ0n) is 13.7. The van der Waals surface area contributed by atoms with E-state index < -0.39 is 12.1 Å². The number of carbonyl (C=O) groups is 2. The van der Waals surface area contributed by atoms with Crippen molar-refractivity contribution in [1.82, 2.24) is 10.2 Å². The number of benzene rings is 1. The summed E-state index contributed by atoms with van der Waals surface area (Å²) in [6.45, 7) is 3.02. The van der Waals surface area contributed by atoms with Crippen molar-refractivity contribution in [3.63, 3.8) is 0 Å². The molecule has 0 aliphatic rings. The van der Waals surface area contributed by atoms with Gasteiger partial charge in [0.1, 0.15) is 0 Å². The highest BCUT2D eigenvalue weighted by Crippen LogP contribution is 2.27. The molecule has 0 unspecified atom stereocenters. The topological polar surface area (TPSA) is 75.4 Å². The maximum Gasteiger partial charge on any atom is 0.312 e. The fourth-order valence-electron chi connectivity index (χ4n) is 2.47. The first-order valence-corrected chi connectivity index (χ1v) is 9.71. The number of halogens is 2. The summed E-state index contributed by atoms with van der Waals surface area (Å²) in [5.41, 5.74) is 5.94. The third kappa shape index (κ3) is 5.73. The van der Waals surface area contributed by atoms with Crippen molar-refractivity contribution in [2.45, 2.75) is 25.9 Å². The predicted molar refractivity (Wildman–Crippen MR) is 105 cm³/mol. The number of hydrogen-bond acceptors (Lipinski definition) is 3. The van der Waals surface area contributed by atoms with Gasteiger partial charge in [0.05, 0.1) is 22.8 Å². The van der Waals surface area contributed by atoms with Crippen LogP contribution in [0.5, 0.6) is 0 Å². The molecule has 5 nitrogen and oxygen atoms in total. The Balaban J connectivity index is 2.14. The van der Waals surface area contributed by atoms with Gasteiger partial charge in [0, 0.05) is 16.4 Å². The molecule has 2 rings (SSSR count). The molecule has 0 aliphatic carbocycles. The summed E-state index contributed by atoms with van der Waals surface area (Å²) in [6, 6.07) is 9.79. The molecule has 1 aromatic heterocycles. The lowest BCUT2D eigenvalue weighted by molar-refractivity contribution is -0.132. The molecule has 0 fully saturated rings. The van der Waals surface area contributed by atoms with Crippen LogP contribution in [0.4, 0.5) is 4.79 Å². The van der Waals surface area contributed by atoms with Crippen LogP contribution < -0.4 is 11.1 Å². The Morgan fingerprint density at radius 2 is 2.04 bits per heavy atom. The molecule has 134 valence electrons. The lowest BCUT2D eigenvalue weighted by Crippen LogP contribution is -2.38. The number of amides is 3. The van der Waals surface area contributed by atoms with E-state index >= 15 is 0 Å². The zero-order chi connectivity index (χ0) is 18.4. The summed E-state index contributed by atoms with van der Waals surface area (Å²) in [4.78, 5) is 26.9. The molecule has 2 aromatic rings. The van der Waals surface area contributed by atoms with Crippen molar-refractivity contribution in [1.29, 1.82) is 0 Å². The highest BCUT2D eigenvalue weighted by Gasteiger charge is 2.23. The van der Waals surface area contributed by atoms with Gasteiger partial charge in [0.2, 0.25) is 5.91 Å². The van der Waals surface area contributed by atoms with Crippen LogP contribution in [-0.2, 0) is 11.3 Å². The summed E-state index contributed by atoms with van der Waals surface area (Å²) in [5.74, 6) is -0.0781. The molecule has 0 saturated carbocycles. The van der Waals surface area contributed by atoms with E-state index in [9.17, 15) is 9.59 Å². The number of rotatable bonds is 7. The molecule has 0 radical (unpaired) electrons. The molecule has 3 N–H and O–H groups in total. The Morgan fingerprint density at radius 3 is 2.60 bits per heavy atom. The minimum absolute atomic E-state index is 0.0781. The minimum atomic E-state index is -0.692. The standard InChI is InChI=1S/C17H19BrClN3O2S/c1-2-22(10-11-7-8-15(18)25-11)16(23)9-14(21-17(20)24)12-5-3-4-6-13(12)19/h3-8,14H,2,9-10H2,1H3,(H3,20,21,24)/t14-/m0/s1. The molecule has 25 heavy (non-hydrogen) atoms. The Kier molecular flexibility index (Phi) is 7.28. The average Bonchev–Trinajstić information content (AvgIpc) is 2.97. The van der Waals surface area contributed by atoms with Gasteiger partial charge < -0.3 is 16.0 Å². The Labute approximate surface area is 164 Å². The summed E-state index contributed by atoms with van der Waals surface area (Å²) < 4.78 is 1.02. The number of carbonyl (C=O) groups excluding carboxylic acids is 2. The predicted octanol–water partition coefficient (Wildman–Crippen LogP) is 4.31. The number of thiophene rings is 1. The van der Waals surface area contributed by atoms with Gasteiger partial charge in [-0.2, -0.15) is 0 Å². The maximum absolute atomic E-state index is 12.7. The summed E-state index contributed by atoms with van der Waals surface area (Å²) in [5, 5.41) is 3.10. The van der Waals surface area contributed by atoms with Gasteiger partial charge in [-0.3, -0.25) is 4.79 Å². The molecule has 0 saturated heterocycles. The number of nitrogens with two attached hydrogens (primary N) is 1. The van der Waals surface area contributed by atoms with E-state index in [1.54, 1.807) is 34.4 Å². The summed E-state index contributed by atoms with van der Waals surface area (Å²) in [6.07, 6.45) is 0.0903. The number of primary amides is 1. The number of nitrogens with one attached hydrogen (secondary N) is 1. The van der Waals surface area contributed by atoms with Crippen molar-refractivity contribution in [2.24, 2.45) is 5.73 Å². The second-order valence-electron chi connectivity index (χ2n) is 5.40. The molecule has 0 spiro atoms. The van der Waals surface area contributed by atoms with Crippen molar-refractivity contribution in [3.05, 3.63) is 55.6 Å². The molecule has 1 atom stereocenters. The quantitative estimate of drug-likeness (QED) is 0.667. The van der Waals surface area contributed by atoms with Crippen LogP contribution in [0.15, 0.2) is 40.2 Å². The fraction of sp³-hybridized carbons (Fsp3) is 0.294. The van der Waals surface area contributed by atoms with Crippen LogP contribution in [0.3, 0.4) is 0 Å². The Morgan fingerprint density at radius 1 is 1.32 bits per heavy atom. The number of nitrogens with zero attached hydrogens (tertiary/aromatic N) is 1. The SMILES string of the molecule is CCN(Cc1ccc(Br)s1)C(=O)C[C@H](NC(N)=O)c1ccccc1Cl. The summed E-state index contributed by atoms with van der Waals surface area (Å²) in [7, 11) is 0. The van der Waals surface area contributed by atoms with Gasteiger partial charge >= 0.3 is 6.03 Å².